The summed E-state index contributed by atoms with van der Waals surface area (Å²) >= 11 is 0. The van der Waals surface area contributed by atoms with Crippen LogP contribution in [0, 0.1) is 0 Å². The quantitative estimate of drug-likeness (QED) is 0.405. The van der Waals surface area contributed by atoms with E-state index in [1.165, 1.54) is 0 Å². The molecule has 0 aliphatic rings. The third kappa shape index (κ3) is 4.43. The predicted molar refractivity (Wildman–Crippen MR) is 129 cm³/mol. The molecule has 0 atom stereocenters. The van der Waals surface area contributed by atoms with Crippen LogP contribution in [0.25, 0.3) is 22.3 Å². The molecule has 0 aliphatic carbocycles. The largest absolute Gasteiger partial charge is 0.347 e. The van der Waals surface area contributed by atoms with E-state index in [9.17, 15) is 4.79 Å². The molecule has 0 fully saturated rings. The van der Waals surface area contributed by atoms with E-state index >= 15 is 0 Å². The maximum absolute atomic E-state index is 12.6. The maximum Gasteiger partial charge on any atom is 0.272 e. The monoisotopic (exact) mass is 434 g/mol. The summed E-state index contributed by atoms with van der Waals surface area (Å²) in [6, 6.07) is 29.2. The molecule has 0 bridgehead atoms. The first-order chi connectivity index (χ1) is 16.2. The highest BCUT2D eigenvalue weighted by Crippen LogP contribution is 2.27. The number of nitrogens with one attached hydrogen (secondary N) is 2. The molecule has 0 saturated heterocycles. The van der Waals surface area contributed by atoms with E-state index in [2.05, 4.69) is 15.7 Å². The van der Waals surface area contributed by atoms with Crippen LogP contribution in [0.3, 0.4) is 0 Å². The van der Waals surface area contributed by atoms with Crippen molar-refractivity contribution in [1.29, 1.82) is 0 Å². The van der Waals surface area contributed by atoms with Crippen LogP contribution in [0.2, 0.25) is 0 Å². The molecule has 33 heavy (non-hydrogen) atoms. The van der Waals surface area contributed by atoms with Crippen molar-refractivity contribution in [1.82, 2.24) is 25.1 Å². The summed E-state index contributed by atoms with van der Waals surface area (Å²) in [6.07, 6.45) is 0. The Hall–Kier alpha value is -4.52. The van der Waals surface area contributed by atoms with Crippen molar-refractivity contribution in [3.05, 3.63) is 102 Å². The smallest absolute Gasteiger partial charge is 0.272 e. The molecule has 2 N–H and O–H groups in total. The van der Waals surface area contributed by atoms with E-state index in [0.29, 0.717) is 29.7 Å². The van der Waals surface area contributed by atoms with Crippen LogP contribution in [0.15, 0.2) is 91.0 Å². The van der Waals surface area contributed by atoms with Gasteiger partial charge >= 0.3 is 0 Å². The van der Waals surface area contributed by atoms with Gasteiger partial charge in [0.1, 0.15) is 11.6 Å². The topological polar surface area (TPSA) is 84.7 Å². The lowest BCUT2D eigenvalue weighted by molar-refractivity contribution is 0.0945. The fraction of sp³-hybridized carbons (Fsp3) is 0.0769. The number of aromatic nitrogens is 4. The van der Waals surface area contributed by atoms with Crippen LogP contribution < -0.4 is 10.6 Å². The normalized spacial score (nSPS) is 10.8. The lowest BCUT2D eigenvalue weighted by atomic mass is 10.2. The van der Waals surface area contributed by atoms with E-state index in [-0.39, 0.29) is 5.91 Å². The first-order valence-corrected chi connectivity index (χ1v) is 10.6. The number of hydrogen-bond donors (Lipinski definition) is 2. The Balaban J connectivity index is 1.43. The number of carbonyl (C=O) groups excluding carboxylic acids is 1. The van der Waals surface area contributed by atoms with Crippen molar-refractivity contribution in [2.75, 3.05) is 5.32 Å². The fourth-order valence-electron chi connectivity index (χ4n) is 3.57. The number of rotatable bonds is 6. The zero-order chi connectivity index (χ0) is 22.6. The SMILES string of the molecule is Cn1nc(C(=O)NCc2ccccc2)cc1Nc1nc(-c2ccccc2)nc2ccccc12. The van der Waals surface area contributed by atoms with Crippen LogP contribution in [0.1, 0.15) is 16.1 Å². The van der Waals surface area contributed by atoms with Crippen molar-refractivity contribution in [3.63, 3.8) is 0 Å². The van der Waals surface area contributed by atoms with Gasteiger partial charge in [-0.2, -0.15) is 5.10 Å². The Bertz CT molecular complexity index is 1410. The molecule has 3 aromatic carbocycles. The van der Waals surface area contributed by atoms with Crippen molar-refractivity contribution < 1.29 is 4.79 Å². The van der Waals surface area contributed by atoms with Gasteiger partial charge in [-0.05, 0) is 17.7 Å². The highest BCUT2D eigenvalue weighted by molar-refractivity contribution is 5.95. The number of benzene rings is 3. The molecular formula is C26H22N6O. The molecule has 5 aromatic rings. The lowest BCUT2D eigenvalue weighted by Gasteiger charge is -2.11. The lowest BCUT2D eigenvalue weighted by Crippen LogP contribution is -2.23. The Labute approximate surface area is 191 Å². The number of anilines is 2. The number of hydrogen-bond acceptors (Lipinski definition) is 5. The minimum absolute atomic E-state index is 0.236. The third-order valence-corrected chi connectivity index (χ3v) is 5.29. The number of fused-ring (bicyclic) bond motifs is 1. The molecule has 2 aromatic heterocycles. The first-order valence-electron chi connectivity index (χ1n) is 10.6. The van der Waals surface area contributed by atoms with Gasteiger partial charge in [0.25, 0.3) is 5.91 Å². The van der Waals surface area contributed by atoms with E-state index in [1.807, 2.05) is 84.9 Å². The van der Waals surface area contributed by atoms with Crippen molar-refractivity contribution in [2.24, 2.45) is 7.05 Å². The standard InChI is InChI=1S/C26H22N6O/c1-32-23(16-22(31-32)26(33)27-17-18-10-4-2-5-11-18)29-25-20-14-8-9-15-21(20)28-24(30-25)19-12-6-3-7-13-19/h2-16H,17H2,1H3,(H,27,33)(H,28,29,30). The third-order valence-electron chi connectivity index (χ3n) is 5.29. The molecule has 5 rings (SSSR count). The summed E-state index contributed by atoms with van der Waals surface area (Å²) in [6.45, 7) is 0.440. The van der Waals surface area contributed by atoms with Gasteiger partial charge in [0.15, 0.2) is 11.5 Å². The molecule has 7 nitrogen and oxygen atoms in total. The van der Waals surface area contributed by atoms with Crippen LogP contribution in [0.5, 0.6) is 0 Å². The molecule has 0 radical (unpaired) electrons. The molecule has 2 heterocycles. The zero-order valence-corrected chi connectivity index (χ0v) is 18.1. The van der Waals surface area contributed by atoms with E-state index in [0.717, 1.165) is 22.0 Å². The predicted octanol–water partition coefficient (Wildman–Crippen LogP) is 4.70. The summed E-state index contributed by atoms with van der Waals surface area (Å²) < 4.78 is 1.64. The molecule has 0 saturated carbocycles. The second-order valence-corrected chi connectivity index (χ2v) is 7.61. The van der Waals surface area contributed by atoms with E-state index in [4.69, 9.17) is 9.97 Å². The molecule has 162 valence electrons. The van der Waals surface area contributed by atoms with Gasteiger partial charge in [0.05, 0.1) is 5.52 Å². The molecule has 0 spiro atoms. The van der Waals surface area contributed by atoms with Gasteiger partial charge in [0.2, 0.25) is 0 Å². The number of nitrogens with zero attached hydrogens (tertiary/aromatic N) is 4. The van der Waals surface area contributed by atoms with Crippen LogP contribution in [-0.2, 0) is 13.6 Å². The average Bonchev–Trinajstić information content (AvgIpc) is 3.23. The average molecular weight is 435 g/mol. The van der Waals surface area contributed by atoms with Gasteiger partial charge in [-0.25, -0.2) is 9.97 Å². The van der Waals surface area contributed by atoms with Crippen molar-refractivity contribution >= 4 is 28.4 Å². The highest BCUT2D eigenvalue weighted by atomic mass is 16.1. The Kier molecular flexibility index (Phi) is 5.51. The number of amides is 1. The number of para-hydroxylation sites is 1. The summed E-state index contributed by atoms with van der Waals surface area (Å²) in [5.74, 6) is 1.70. The zero-order valence-electron chi connectivity index (χ0n) is 18.1. The Morgan fingerprint density at radius 2 is 1.58 bits per heavy atom. The van der Waals surface area contributed by atoms with Gasteiger partial charge in [-0.15, -0.1) is 0 Å². The molecule has 7 heteroatoms. The molecule has 1 amide bonds. The number of carbonyl (C=O) groups is 1. The van der Waals surface area contributed by atoms with E-state index < -0.39 is 0 Å². The maximum atomic E-state index is 12.6. The van der Waals surface area contributed by atoms with Crippen molar-refractivity contribution in [2.45, 2.75) is 6.54 Å². The Morgan fingerprint density at radius 3 is 2.36 bits per heavy atom. The highest BCUT2D eigenvalue weighted by Gasteiger charge is 2.15. The van der Waals surface area contributed by atoms with Crippen LogP contribution in [0.4, 0.5) is 11.6 Å². The van der Waals surface area contributed by atoms with Crippen LogP contribution in [-0.4, -0.2) is 25.7 Å². The van der Waals surface area contributed by atoms with Crippen molar-refractivity contribution in [3.8, 4) is 11.4 Å². The molecule has 0 unspecified atom stereocenters. The van der Waals surface area contributed by atoms with E-state index in [1.54, 1.807) is 17.8 Å². The summed E-state index contributed by atoms with van der Waals surface area (Å²) in [7, 11) is 1.79. The van der Waals surface area contributed by atoms with Gasteiger partial charge in [-0.3, -0.25) is 9.48 Å². The summed E-state index contributed by atoms with van der Waals surface area (Å²) in [5.41, 5.74) is 3.12. The Morgan fingerprint density at radius 1 is 0.879 bits per heavy atom. The molecule has 0 aliphatic heterocycles. The van der Waals surface area contributed by atoms with Gasteiger partial charge in [0, 0.05) is 30.6 Å². The van der Waals surface area contributed by atoms with Crippen LogP contribution >= 0.6 is 0 Å². The van der Waals surface area contributed by atoms with Gasteiger partial charge in [-0.1, -0.05) is 72.8 Å². The minimum atomic E-state index is -0.236. The fourth-order valence-corrected chi connectivity index (χ4v) is 3.57. The second-order valence-electron chi connectivity index (χ2n) is 7.61. The molecular weight excluding hydrogens is 412 g/mol. The summed E-state index contributed by atoms with van der Waals surface area (Å²) in [4.78, 5) is 22.1. The van der Waals surface area contributed by atoms with Gasteiger partial charge < -0.3 is 10.6 Å². The number of aryl methyl sites for hydroxylation is 1. The minimum Gasteiger partial charge on any atom is -0.347 e. The summed E-state index contributed by atoms with van der Waals surface area (Å²) in [5, 5.41) is 11.5. The first kappa shape index (κ1) is 20.4. The second kappa shape index (κ2) is 8.92.